The molecule has 1 aliphatic heterocycles. The van der Waals surface area contributed by atoms with Crippen molar-refractivity contribution in [2.75, 3.05) is 13.2 Å². The van der Waals surface area contributed by atoms with Gasteiger partial charge in [0, 0.05) is 22.7 Å². The number of hydrogen-bond acceptors (Lipinski definition) is 10. The van der Waals surface area contributed by atoms with E-state index in [-0.39, 0.29) is 34.4 Å². The molecule has 1 aliphatic rings. The van der Waals surface area contributed by atoms with Gasteiger partial charge in [-0.15, -0.1) is 0 Å². The molecule has 11 nitrogen and oxygen atoms in total. The number of hydrogen-bond donors (Lipinski definition) is 1. The van der Waals surface area contributed by atoms with Gasteiger partial charge in [0.15, 0.2) is 23.9 Å². The standard InChI is InChI=1S/C33H26ClN3O8/c1-2-41-30-15-21(9-14-28(30)42-18-20-7-10-22(34)11-8-20)32-24-13-12-23(16-29(24)45-33(36)25(32)17-35)44-31(38)19-43-27-6-4-3-5-26(27)37(39)40/h3-16,32H,2,18-19,36H2,1H3. The zero-order valence-corrected chi connectivity index (χ0v) is 24.7. The van der Waals surface area contributed by atoms with E-state index < -0.39 is 23.4 Å². The van der Waals surface area contributed by atoms with Crippen molar-refractivity contribution < 1.29 is 33.4 Å². The van der Waals surface area contributed by atoms with Crippen molar-refractivity contribution in [3.05, 3.63) is 128 Å². The number of nitrogens with zero attached hydrogens (tertiary/aromatic N) is 2. The number of nitrogens with two attached hydrogens (primary N) is 1. The molecule has 1 atom stereocenters. The first-order valence-electron chi connectivity index (χ1n) is 13.7. The largest absolute Gasteiger partial charge is 0.490 e. The Morgan fingerprint density at radius 3 is 2.51 bits per heavy atom. The topological polar surface area (TPSA) is 156 Å². The smallest absolute Gasteiger partial charge is 0.349 e. The highest BCUT2D eigenvalue weighted by molar-refractivity contribution is 6.30. The summed E-state index contributed by atoms with van der Waals surface area (Å²) in [6.45, 7) is 1.96. The normalized spacial score (nSPS) is 13.6. The number of ether oxygens (including phenoxy) is 5. The van der Waals surface area contributed by atoms with E-state index in [0.29, 0.717) is 40.9 Å². The lowest BCUT2D eigenvalue weighted by Crippen LogP contribution is -2.22. The van der Waals surface area contributed by atoms with Crippen LogP contribution >= 0.6 is 11.6 Å². The number of nitro benzene ring substituents is 1. The Labute approximate surface area is 263 Å². The van der Waals surface area contributed by atoms with Gasteiger partial charge in [-0.1, -0.05) is 48.0 Å². The van der Waals surface area contributed by atoms with E-state index in [0.717, 1.165) is 5.56 Å². The van der Waals surface area contributed by atoms with E-state index in [1.165, 1.54) is 24.3 Å². The van der Waals surface area contributed by atoms with Crippen molar-refractivity contribution in [1.82, 2.24) is 0 Å². The molecule has 1 heterocycles. The van der Waals surface area contributed by atoms with E-state index in [1.54, 1.807) is 42.5 Å². The molecule has 12 heteroatoms. The summed E-state index contributed by atoms with van der Waals surface area (Å²) in [6, 6.07) is 25.2. The zero-order valence-electron chi connectivity index (χ0n) is 23.9. The molecule has 0 saturated heterocycles. The van der Waals surface area contributed by atoms with E-state index in [2.05, 4.69) is 6.07 Å². The molecule has 2 N–H and O–H groups in total. The SMILES string of the molecule is CCOc1cc(C2C(C#N)=C(N)Oc3cc(OC(=O)COc4ccccc4[N+](=O)[O-])ccc32)ccc1OCc1ccc(Cl)cc1. The van der Waals surface area contributed by atoms with Crippen molar-refractivity contribution in [2.45, 2.75) is 19.4 Å². The minimum absolute atomic E-state index is 0.0640. The van der Waals surface area contributed by atoms with Crippen LogP contribution in [0.25, 0.3) is 0 Å². The number of benzene rings is 4. The quantitative estimate of drug-likeness (QED) is 0.0850. The highest BCUT2D eigenvalue weighted by atomic mass is 35.5. The van der Waals surface area contributed by atoms with Crippen LogP contribution in [0.2, 0.25) is 5.02 Å². The van der Waals surface area contributed by atoms with Crippen molar-refractivity contribution in [3.8, 4) is 34.8 Å². The number of rotatable bonds is 11. The second-order valence-corrected chi connectivity index (χ2v) is 10.1. The van der Waals surface area contributed by atoms with E-state index in [1.807, 2.05) is 25.1 Å². The van der Waals surface area contributed by atoms with Crippen LogP contribution in [0.5, 0.6) is 28.7 Å². The van der Waals surface area contributed by atoms with Crippen molar-refractivity contribution in [1.29, 1.82) is 5.26 Å². The molecule has 0 radical (unpaired) electrons. The first-order chi connectivity index (χ1) is 21.8. The van der Waals surface area contributed by atoms with Gasteiger partial charge < -0.3 is 29.4 Å². The predicted molar refractivity (Wildman–Crippen MR) is 163 cm³/mol. The molecule has 228 valence electrons. The third-order valence-corrected chi connectivity index (χ3v) is 6.99. The van der Waals surface area contributed by atoms with Crippen LogP contribution in [-0.2, 0) is 11.4 Å². The van der Waals surface area contributed by atoms with Gasteiger partial charge in [-0.05, 0) is 54.4 Å². The lowest BCUT2D eigenvalue weighted by Gasteiger charge is -2.27. The number of nitro groups is 1. The molecule has 0 fully saturated rings. The van der Waals surface area contributed by atoms with Crippen molar-refractivity contribution in [2.24, 2.45) is 5.73 Å². The van der Waals surface area contributed by atoms with E-state index >= 15 is 0 Å². The Balaban J connectivity index is 1.36. The summed E-state index contributed by atoms with van der Waals surface area (Å²) in [4.78, 5) is 23.1. The van der Waals surface area contributed by atoms with Gasteiger partial charge in [-0.25, -0.2) is 4.79 Å². The monoisotopic (exact) mass is 627 g/mol. The second kappa shape index (κ2) is 13.7. The average molecular weight is 628 g/mol. The van der Waals surface area contributed by atoms with Gasteiger partial charge in [-0.2, -0.15) is 5.26 Å². The summed E-state index contributed by atoms with van der Waals surface area (Å²) in [5.74, 6) is -0.168. The third kappa shape index (κ3) is 7.09. The summed E-state index contributed by atoms with van der Waals surface area (Å²) >= 11 is 5.98. The van der Waals surface area contributed by atoms with Gasteiger partial charge in [0.2, 0.25) is 5.88 Å². The van der Waals surface area contributed by atoms with Crippen molar-refractivity contribution in [3.63, 3.8) is 0 Å². The van der Waals surface area contributed by atoms with Crippen LogP contribution in [0, 0.1) is 21.4 Å². The molecule has 4 aromatic rings. The average Bonchev–Trinajstić information content (AvgIpc) is 3.03. The molecule has 4 aromatic carbocycles. The number of allylic oxidation sites excluding steroid dienone is 1. The summed E-state index contributed by atoms with van der Waals surface area (Å²) in [6.07, 6.45) is 0. The van der Waals surface area contributed by atoms with Crippen LogP contribution in [0.1, 0.15) is 29.5 Å². The number of esters is 1. The molecular formula is C33H26ClN3O8. The Kier molecular flexibility index (Phi) is 9.36. The fourth-order valence-electron chi connectivity index (χ4n) is 4.70. The van der Waals surface area contributed by atoms with Crippen LogP contribution < -0.4 is 29.4 Å². The van der Waals surface area contributed by atoms with Crippen LogP contribution in [0.3, 0.4) is 0 Å². The number of carbonyl (C=O) groups excluding carboxylic acids is 1. The lowest BCUT2D eigenvalue weighted by atomic mass is 9.83. The van der Waals surface area contributed by atoms with Gasteiger partial charge in [0.25, 0.3) is 0 Å². The van der Waals surface area contributed by atoms with Gasteiger partial charge >= 0.3 is 11.7 Å². The second-order valence-electron chi connectivity index (χ2n) is 9.67. The third-order valence-electron chi connectivity index (χ3n) is 6.74. The van der Waals surface area contributed by atoms with E-state index in [4.69, 9.17) is 41.0 Å². The maximum atomic E-state index is 12.5. The first-order valence-corrected chi connectivity index (χ1v) is 14.1. The fraction of sp³-hybridized carbons (Fsp3) is 0.152. The van der Waals surface area contributed by atoms with Crippen molar-refractivity contribution >= 4 is 23.3 Å². The number of carbonyl (C=O) groups is 1. The molecule has 0 saturated carbocycles. The van der Waals surface area contributed by atoms with Crippen LogP contribution in [-0.4, -0.2) is 24.1 Å². The molecule has 0 aliphatic carbocycles. The van der Waals surface area contributed by atoms with Gasteiger partial charge in [0.1, 0.15) is 29.7 Å². The molecule has 5 rings (SSSR count). The molecular weight excluding hydrogens is 602 g/mol. The highest BCUT2D eigenvalue weighted by Crippen LogP contribution is 2.45. The Bertz CT molecular complexity index is 1820. The summed E-state index contributed by atoms with van der Waals surface area (Å²) < 4.78 is 28.4. The number of nitriles is 1. The molecule has 0 spiro atoms. The summed E-state index contributed by atoms with van der Waals surface area (Å²) in [7, 11) is 0. The minimum atomic E-state index is -0.794. The number of halogens is 1. The summed E-state index contributed by atoms with van der Waals surface area (Å²) in [5, 5.41) is 21.8. The lowest BCUT2D eigenvalue weighted by molar-refractivity contribution is -0.385. The Hall–Kier alpha value is -5.73. The maximum absolute atomic E-state index is 12.5. The predicted octanol–water partition coefficient (Wildman–Crippen LogP) is 6.43. The molecule has 0 bridgehead atoms. The van der Waals surface area contributed by atoms with Crippen LogP contribution in [0.4, 0.5) is 5.69 Å². The number of fused-ring (bicyclic) bond motifs is 1. The maximum Gasteiger partial charge on any atom is 0.349 e. The number of para-hydroxylation sites is 2. The highest BCUT2D eigenvalue weighted by Gasteiger charge is 2.32. The van der Waals surface area contributed by atoms with Gasteiger partial charge in [-0.3, -0.25) is 10.1 Å². The molecule has 0 aromatic heterocycles. The zero-order chi connectivity index (χ0) is 31.9. The minimum Gasteiger partial charge on any atom is -0.490 e. The fourth-order valence-corrected chi connectivity index (χ4v) is 4.83. The van der Waals surface area contributed by atoms with Crippen LogP contribution in [0.15, 0.2) is 96.4 Å². The molecule has 0 amide bonds. The Morgan fingerprint density at radius 1 is 1.00 bits per heavy atom. The van der Waals surface area contributed by atoms with E-state index in [9.17, 15) is 20.2 Å². The molecule has 1 unspecified atom stereocenters. The molecule has 45 heavy (non-hydrogen) atoms. The van der Waals surface area contributed by atoms with Gasteiger partial charge in [0.05, 0.1) is 17.4 Å². The first kappa shape index (κ1) is 30.7. The summed E-state index contributed by atoms with van der Waals surface area (Å²) in [5.41, 5.74) is 8.32. The Morgan fingerprint density at radius 2 is 1.78 bits per heavy atom.